The van der Waals surface area contributed by atoms with Gasteiger partial charge in [0.05, 0.1) is 17.1 Å². The average molecular weight is 523 g/mol. The lowest BCUT2D eigenvalue weighted by molar-refractivity contribution is -0.139. The Labute approximate surface area is 219 Å². The number of Topliss-reactive ketones (excluding diaryl/α,β-unsaturated/α-hetero) is 1. The molecule has 1 aliphatic heterocycles. The number of aromatic nitrogens is 1. The number of aliphatic carboxylic acids is 1. The number of amides is 1. The second-order valence-electron chi connectivity index (χ2n) is 8.18. The predicted octanol–water partition coefficient (Wildman–Crippen LogP) is 4.54. The van der Waals surface area contributed by atoms with E-state index in [-0.39, 0.29) is 36.6 Å². The van der Waals surface area contributed by atoms with Gasteiger partial charge in [0.2, 0.25) is 0 Å². The molecule has 37 heavy (non-hydrogen) atoms. The topological polar surface area (TPSA) is 133 Å². The van der Waals surface area contributed by atoms with Gasteiger partial charge in [-0.1, -0.05) is 31.2 Å². The second kappa shape index (κ2) is 12.1. The van der Waals surface area contributed by atoms with E-state index in [0.717, 1.165) is 25.1 Å². The highest BCUT2D eigenvalue weighted by atomic mass is 35.5. The Kier molecular flexibility index (Phi) is 8.97. The SMILES string of the molecule is C.N=C(c1ccc(C(=O)Nc2ccc(OCC(=O)O)cc2C(=O)Cc2ccc(Cl)cn2)cc1)N1CCC1. The molecule has 9 nitrogen and oxygen atoms in total. The van der Waals surface area contributed by atoms with Crippen molar-refractivity contribution >= 4 is 40.8 Å². The molecule has 0 spiro atoms. The highest BCUT2D eigenvalue weighted by Crippen LogP contribution is 2.25. The summed E-state index contributed by atoms with van der Waals surface area (Å²) >= 11 is 5.87. The van der Waals surface area contributed by atoms with Crippen molar-refractivity contribution in [1.82, 2.24) is 9.88 Å². The lowest BCUT2D eigenvalue weighted by Gasteiger charge is -2.33. The quantitative estimate of drug-likeness (QED) is 0.213. The first-order valence-corrected chi connectivity index (χ1v) is 11.6. The first-order chi connectivity index (χ1) is 17.3. The summed E-state index contributed by atoms with van der Waals surface area (Å²) in [4.78, 5) is 43.0. The minimum absolute atomic E-state index is 0. The Morgan fingerprint density at radius 2 is 1.76 bits per heavy atom. The molecule has 0 bridgehead atoms. The Hall–Kier alpha value is -4.24. The number of carboxylic acid groups (broad SMARTS) is 1. The maximum atomic E-state index is 13.1. The molecule has 1 amide bonds. The number of amidine groups is 1. The van der Waals surface area contributed by atoms with E-state index in [0.29, 0.717) is 22.1 Å². The van der Waals surface area contributed by atoms with Crippen molar-refractivity contribution in [3.05, 3.63) is 88.2 Å². The Bertz CT molecular complexity index is 1310. The van der Waals surface area contributed by atoms with Crippen LogP contribution in [0.1, 0.15) is 45.8 Å². The van der Waals surface area contributed by atoms with E-state index in [4.69, 9.17) is 26.9 Å². The third-order valence-corrected chi connectivity index (χ3v) is 5.85. The molecule has 1 aromatic heterocycles. The normalized spacial score (nSPS) is 12.1. The first kappa shape index (κ1) is 27.3. The number of hydrogen-bond acceptors (Lipinski definition) is 6. The summed E-state index contributed by atoms with van der Waals surface area (Å²) in [5, 5.41) is 20.3. The zero-order valence-electron chi connectivity index (χ0n) is 19.2. The van der Waals surface area contributed by atoms with Gasteiger partial charge >= 0.3 is 5.97 Å². The molecule has 0 atom stereocenters. The Morgan fingerprint density at radius 3 is 2.35 bits per heavy atom. The molecule has 1 fully saturated rings. The van der Waals surface area contributed by atoms with Gasteiger partial charge in [0.15, 0.2) is 12.4 Å². The van der Waals surface area contributed by atoms with Crippen LogP contribution in [0, 0.1) is 5.41 Å². The van der Waals surface area contributed by atoms with Gasteiger partial charge in [-0.15, -0.1) is 0 Å². The van der Waals surface area contributed by atoms with E-state index in [9.17, 15) is 14.4 Å². The van der Waals surface area contributed by atoms with Crippen molar-refractivity contribution < 1.29 is 24.2 Å². The number of halogens is 1. The third-order valence-electron chi connectivity index (χ3n) is 5.63. The fraction of sp³-hybridized carbons (Fsp3) is 0.222. The molecule has 192 valence electrons. The van der Waals surface area contributed by atoms with Crippen molar-refractivity contribution in [3.63, 3.8) is 0 Å². The highest BCUT2D eigenvalue weighted by Gasteiger charge is 2.20. The largest absolute Gasteiger partial charge is 0.482 e. The number of pyridine rings is 1. The van der Waals surface area contributed by atoms with Gasteiger partial charge in [-0.2, -0.15) is 0 Å². The van der Waals surface area contributed by atoms with Crippen molar-refractivity contribution in [1.29, 1.82) is 5.41 Å². The lowest BCUT2D eigenvalue weighted by atomic mass is 10.0. The molecular weight excluding hydrogens is 496 g/mol. The molecule has 0 radical (unpaired) electrons. The first-order valence-electron chi connectivity index (χ1n) is 11.2. The second-order valence-corrected chi connectivity index (χ2v) is 8.61. The van der Waals surface area contributed by atoms with Crippen LogP contribution in [0.5, 0.6) is 5.75 Å². The van der Waals surface area contributed by atoms with Gasteiger partial charge in [-0.3, -0.25) is 20.0 Å². The van der Waals surface area contributed by atoms with Gasteiger partial charge in [0.25, 0.3) is 5.91 Å². The number of carbonyl (C=O) groups is 3. The standard InChI is InChI=1S/C26H23ClN4O5.CH4/c27-18-6-7-19(29-14-18)12-23(32)21-13-20(36-15-24(33)34)8-9-22(21)30-26(35)17-4-2-16(3-5-17)25(28)31-10-1-11-31;/h2-9,13-14,28H,1,10-12,15H2,(H,30,35)(H,33,34);1H4. The van der Waals surface area contributed by atoms with Gasteiger partial charge < -0.3 is 20.1 Å². The average Bonchev–Trinajstić information content (AvgIpc) is 2.83. The number of ether oxygens (including phenoxy) is 1. The summed E-state index contributed by atoms with van der Waals surface area (Å²) in [6.07, 6.45) is 2.44. The van der Waals surface area contributed by atoms with Crippen LogP contribution >= 0.6 is 11.6 Å². The molecule has 2 heterocycles. The molecule has 2 aromatic carbocycles. The smallest absolute Gasteiger partial charge is 0.341 e. The zero-order chi connectivity index (χ0) is 25.7. The summed E-state index contributed by atoms with van der Waals surface area (Å²) in [5.41, 5.74) is 1.97. The van der Waals surface area contributed by atoms with Crippen LogP contribution in [0.4, 0.5) is 5.69 Å². The maximum absolute atomic E-state index is 13.1. The minimum atomic E-state index is -1.16. The van der Waals surface area contributed by atoms with E-state index < -0.39 is 18.5 Å². The molecule has 3 N–H and O–H groups in total. The van der Waals surface area contributed by atoms with Crippen LogP contribution in [-0.4, -0.2) is 58.2 Å². The van der Waals surface area contributed by atoms with Gasteiger partial charge in [-0.25, -0.2) is 4.79 Å². The van der Waals surface area contributed by atoms with E-state index in [2.05, 4.69) is 10.3 Å². The van der Waals surface area contributed by atoms with Crippen LogP contribution in [0.15, 0.2) is 60.8 Å². The van der Waals surface area contributed by atoms with Crippen molar-refractivity contribution in [2.75, 3.05) is 25.0 Å². The fourth-order valence-electron chi connectivity index (χ4n) is 3.57. The van der Waals surface area contributed by atoms with Crippen LogP contribution < -0.4 is 10.1 Å². The van der Waals surface area contributed by atoms with Crippen molar-refractivity contribution in [3.8, 4) is 5.75 Å². The zero-order valence-corrected chi connectivity index (χ0v) is 19.9. The number of rotatable bonds is 9. The summed E-state index contributed by atoms with van der Waals surface area (Å²) in [5.74, 6) is -1.34. The number of hydrogen-bond donors (Lipinski definition) is 3. The van der Waals surface area contributed by atoms with Gasteiger partial charge in [0, 0.05) is 41.7 Å². The van der Waals surface area contributed by atoms with Crippen molar-refractivity contribution in [2.24, 2.45) is 0 Å². The van der Waals surface area contributed by atoms with E-state index in [1.54, 1.807) is 36.4 Å². The molecule has 1 aliphatic rings. The van der Waals surface area contributed by atoms with E-state index in [1.165, 1.54) is 24.4 Å². The predicted molar refractivity (Wildman–Crippen MR) is 141 cm³/mol. The number of anilines is 1. The monoisotopic (exact) mass is 522 g/mol. The van der Waals surface area contributed by atoms with Gasteiger partial charge in [-0.05, 0) is 48.9 Å². The highest BCUT2D eigenvalue weighted by molar-refractivity contribution is 6.30. The number of nitrogens with zero attached hydrogens (tertiary/aromatic N) is 2. The number of benzene rings is 2. The van der Waals surface area contributed by atoms with Crippen molar-refractivity contribution in [2.45, 2.75) is 20.3 Å². The molecule has 4 rings (SSSR count). The molecule has 0 aliphatic carbocycles. The van der Waals surface area contributed by atoms with E-state index >= 15 is 0 Å². The summed E-state index contributed by atoms with van der Waals surface area (Å²) in [6.45, 7) is 1.14. The molecule has 1 saturated heterocycles. The summed E-state index contributed by atoms with van der Waals surface area (Å²) in [7, 11) is 0. The number of carboxylic acids is 1. The molecule has 0 unspecified atom stereocenters. The van der Waals surface area contributed by atoms with E-state index in [1.807, 2.05) is 4.90 Å². The lowest BCUT2D eigenvalue weighted by Crippen LogP contribution is -2.42. The Morgan fingerprint density at radius 1 is 1.05 bits per heavy atom. The van der Waals surface area contributed by atoms with Crippen LogP contribution in [0.25, 0.3) is 0 Å². The number of nitrogens with one attached hydrogen (secondary N) is 2. The van der Waals surface area contributed by atoms with Crippen LogP contribution in [0.3, 0.4) is 0 Å². The molecule has 3 aromatic rings. The maximum Gasteiger partial charge on any atom is 0.341 e. The number of carbonyl (C=O) groups excluding carboxylic acids is 2. The molecule has 10 heteroatoms. The van der Waals surface area contributed by atoms with Gasteiger partial charge in [0.1, 0.15) is 11.6 Å². The van der Waals surface area contributed by atoms with Crippen LogP contribution in [0.2, 0.25) is 5.02 Å². The fourth-order valence-corrected chi connectivity index (χ4v) is 3.68. The third kappa shape index (κ3) is 6.92. The molecule has 0 saturated carbocycles. The Balaban J connectivity index is 0.00000380. The number of likely N-dealkylation sites (tertiary alicyclic amines) is 1. The summed E-state index contributed by atoms with van der Waals surface area (Å²) in [6, 6.07) is 14.3. The number of ketones is 1. The van der Waals surface area contributed by atoms with Crippen LogP contribution in [-0.2, 0) is 11.2 Å². The summed E-state index contributed by atoms with van der Waals surface area (Å²) < 4.78 is 5.22. The minimum Gasteiger partial charge on any atom is -0.482 e. The molecular formula is C27H27ClN4O5.